The Morgan fingerprint density at radius 1 is 1.26 bits per heavy atom. The summed E-state index contributed by atoms with van der Waals surface area (Å²) in [6, 6.07) is 7.31. The molecule has 0 amide bonds. The van der Waals surface area contributed by atoms with Gasteiger partial charge in [0.05, 0.1) is 6.61 Å². The van der Waals surface area contributed by atoms with Gasteiger partial charge in [0, 0.05) is 12.5 Å². The van der Waals surface area contributed by atoms with Gasteiger partial charge in [-0.05, 0) is 43.0 Å². The number of rotatable bonds is 7. The minimum atomic E-state index is 0. The molecule has 19 heavy (non-hydrogen) atoms. The summed E-state index contributed by atoms with van der Waals surface area (Å²) in [5.41, 5.74) is 2.83. The molecule has 0 radical (unpaired) electrons. The standard InChI is InChI=1S/C16H25NO.ClH/c1-3-5-15(17-9-4-2)12-13-6-7-16-14(11-13)8-10-18-16;/h6-7,11,15,17H,3-5,8-10,12H2,1-2H3;1H. The van der Waals surface area contributed by atoms with Crippen LogP contribution in [0.1, 0.15) is 44.2 Å². The molecule has 1 aromatic rings. The first-order valence-corrected chi connectivity index (χ1v) is 7.31. The van der Waals surface area contributed by atoms with Crippen molar-refractivity contribution in [3.05, 3.63) is 29.3 Å². The van der Waals surface area contributed by atoms with Gasteiger partial charge in [-0.25, -0.2) is 0 Å². The van der Waals surface area contributed by atoms with Crippen LogP contribution in [-0.2, 0) is 12.8 Å². The maximum atomic E-state index is 5.56. The second-order valence-electron chi connectivity index (χ2n) is 5.18. The lowest BCUT2D eigenvalue weighted by Crippen LogP contribution is -2.31. The second-order valence-corrected chi connectivity index (χ2v) is 5.18. The van der Waals surface area contributed by atoms with Crippen molar-refractivity contribution in [3.63, 3.8) is 0 Å². The molecule has 0 spiro atoms. The molecule has 1 aromatic carbocycles. The summed E-state index contributed by atoms with van der Waals surface area (Å²) >= 11 is 0. The molecule has 0 saturated carbocycles. The van der Waals surface area contributed by atoms with Crippen LogP contribution in [-0.4, -0.2) is 19.2 Å². The van der Waals surface area contributed by atoms with Gasteiger partial charge in [0.1, 0.15) is 5.75 Å². The van der Waals surface area contributed by atoms with E-state index in [0.717, 1.165) is 31.7 Å². The highest BCUT2D eigenvalue weighted by molar-refractivity contribution is 5.85. The highest BCUT2D eigenvalue weighted by atomic mass is 35.5. The van der Waals surface area contributed by atoms with Crippen molar-refractivity contribution in [2.45, 2.75) is 52.0 Å². The molecule has 0 saturated heterocycles. The first-order valence-electron chi connectivity index (χ1n) is 7.31. The van der Waals surface area contributed by atoms with E-state index in [-0.39, 0.29) is 12.4 Å². The van der Waals surface area contributed by atoms with Crippen LogP contribution in [0.3, 0.4) is 0 Å². The summed E-state index contributed by atoms with van der Waals surface area (Å²) in [6.45, 7) is 6.46. The fourth-order valence-corrected chi connectivity index (χ4v) is 2.62. The van der Waals surface area contributed by atoms with Crippen LogP contribution >= 0.6 is 12.4 Å². The van der Waals surface area contributed by atoms with Gasteiger partial charge in [0.25, 0.3) is 0 Å². The molecule has 0 fully saturated rings. The van der Waals surface area contributed by atoms with Gasteiger partial charge in [0.15, 0.2) is 0 Å². The monoisotopic (exact) mass is 283 g/mol. The summed E-state index contributed by atoms with van der Waals surface area (Å²) in [4.78, 5) is 0. The lowest BCUT2D eigenvalue weighted by Gasteiger charge is -2.18. The van der Waals surface area contributed by atoms with E-state index >= 15 is 0 Å². The van der Waals surface area contributed by atoms with E-state index in [0.29, 0.717) is 6.04 Å². The first-order chi connectivity index (χ1) is 8.83. The molecule has 1 N–H and O–H groups in total. The van der Waals surface area contributed by atoms with E-state index in [1.54, 1.807) is 0 Å². The Bertz CT molecular complexity index is 381. The van der Waals surface area contributed by atoms with E-state index in [1.165, 1.54) is 30.4 Å². The molecule has 2 rings (SSSR count). The maximum Gasteiger partial charge on any atom is 0.122 e. The number of benzene rings is 1. The van der Waals surface area contributed by atoms with E-state index in [4.69, 9.17) is 4.74 Å². The first kappa shape index (κ1) is 16.3. The lowest BCUT2D eigenvalue weighted by molar-refractivity contribution is 0.356. The van der Waals surface area contributed by atoms with Gasteiger partial charge in [-0.1, -0.05) is 32.4 Å². The number of ether oxygens (including phenoxy) is 1. The van der Waals surface area contributed by atoms with Crippen LogP contribution in [0.2, 0.25) is 0 Å². The molecule has 1 unspecified atom stereocenters. The Hall–Kier alpha value is -0.730. The minimum absolute atomic E-state index is 0. The lowest BCUT2D eigenvalue weighted by atomic mass is 9.99. The Morgan fingerprint density at radius 2 is 2.11 bits per heavy atom. The van der Waals surface area contributed by atoms with Crippen molar-refractivity contribution in [3.8, 4) is 5.75 Å². The van der Waals surface area contributed by atoms with Gasteiger partial charge >= 0.3 is 0 Å². The Balaban J connectivity index is 0.00000180. The number of nitrogens with one attached hydrogen (secondary N) is 1. The zero-order chi connectivity index (χ0) is 12.8. The van der Waals surface area contributed by atoms with E-state index in [2.05, 4.69) is 37.4 Å². The van der Waals surface area contributed by atoms with Gasteiger partial charge in [-0.3, -0.25) is 0 Å². The molecule has 1 aliphatic heterocycles. The van der Waals surface area contributed by atoms with Crippen LogP contribution in [0.5, 0.6) is 5.75 Å². The SMILES string of the molecule is CCCNC(CCC)Cc1ccc2c(c1)CCO2.Cl. The van der Waals surface area contributed by atoms with Crippen molar-refractivity contribution in [1.29, 1.82) is 0 Å². The summed E-state index contributed by atoms with van der Waals surface area (Å²) in [7, 11) is 0. The highest BCUT2D eigenvalue weighted by Crippen LogP contribution is 2.26. The van der Waals surface area contributed by atoms with Gasteiger partial charge in [-0.15, -0.1) is 12.4 Å². The topological polar surface area (TPSA) is 21.3 Å². The normalized spacial score (nSPS) is 14.4. The average molecular weight is 284 g/mol. The van der Waals surface area contributed by atoms with Gasteiger partial charge in [0.2, 0.25) is 0 Å². The van der Waals surface area contributed by atoms with Crippen molar-refractivity contribution in [2.75, 3.05) is 13.2 Å². The fraction of sp³-hybridized carbons (Fsp3) is 0.625. The van der Waals surface area contributed by atoms with Crippen LogP contribution in [0.15, 0.2) is 18.2 Å². The molecule has 0 aliphatic carbocycles. The quantitative estimate of drug-likeness (QED) is 0.823. The van der Waals surface area contributed by atoms with Crippen LogP contribution in [0.4, 0.5) is 0 Å². The summed E-state index contributed by atoms with van der Waals surface area (Å²) < 4.78 is 5.56. The third-order valence-electron chi connectivity index (χ3n) is 3.56. The summed E-state index contributed by atoms with van der Waals surface area (Å²) in [6.07, 6.45) is 5.92. The fourth-order valence-electron chi connectivity index (χ4n) is 2.62. The van der Waals surface area contributed by atoms with Crippen molar-refractivity contribution >= 4 is 12.4 Å². The van der Waals surface area contributed by atoms with Crippen molar-refractivity contribution in [2.24, 2.45) is 0 Å². The zero-order valence-corrected chi connectivity index (χ0v) is 12.9. The van der Waals surface area contributed by atoms with E-state index in [1.807, 2.05) is 0 Å². The molecular formula is C16H26ClNO. The number of halogens is 1. The minimum Gasteiger partial charge on any atom is -0.493 e. The van der Waals surface area contributed by atoms with E-state index < -0.39 is 0 Å². The van der Waals surface area contributed by atoms with Crippen LogP contribution in [0, 0.1) is 0 Å². The zero-order valence-electron chi connectivity index (χ0n) is 12.1. The van der Waals surface area contributed by atoms with Gasteiger partial charge in [-0.2, -0.15) is 0 Å². The number of hydrogen-bond donors (Lipinski definition) is 1. The molecule has 1 heterocycles. The molecule has 0 aromatic heterocycles. The summed E-state index contributed by atoms with van der Waals surface area (Å²) in [5.74, 6) is 1.09. The van der Waals surface area contributed by atoms with Crippen molar-refractivity contribution < 1.29 is 4.74 Å². The molecule has 0 bridgehead atoms. The average Bonchev–Trinajstić information content (AvgIpc) is 2.83. The molecule has 2 nitrogen and oxygen atoms in total. The van der Waals surface area contributed by atoms with Gasteiger partial charge < -0.3 is 10.1 Å². The largest absolute Gasteiger partial charge is 0.493 e. The molecule has 1 aliphatic rings. The number of fused-ring (bicyclic) bond motifs is 1. The molecule has 1 atom stereocenters. The third-order valence-corrected chi connectivity index (χ3v) is 3.56. The van der Waals surface area contributed by atoms with Crippen LogP contribution < -0.4 is 10.1 Å². The highest BCUT2D eigenvalue weighted by Gasteiger charge is 2.14. The Morgan fingerprint density at radius 3 is 2.84 bits per heavy atom. The maximum absolute atomic E-state index is 5.56. The van der Waals surface area contributed by atoms with Crippen molar-refractivity contribution in [1.82, 2.24) is 5.32 Å². The molecule has 3 heteroatoms. The second kappa shape index (κ2) is 8.44. The third kappa shape index (κ3) is 4.70. The molecular weight excluding hydrogens is 258 g/mol. The molecule has 108 valence electrons. The predicted octanol–water partition coefficient (Wildman–Crippen LogP) is 3.75. The Labute approximate surface area is 123 Å². The number of hydrogen-bond acceptors (Lipinski definition) is 2. The van der Waals surface area contributed by atoms with Crippen LogP contribution in [0.25, 0.3) is 0 Å². The summed E-state index contributed by atoms with van der Waals surface area (Å²) in [5, 5.41) is 3.66. The predicted molar refractivity (Wildman–Crippen MR) is 83.6 cm³/mol. The van der Waals surface area contributed by atoms with E-state index in [9.17, 15) is 0 Å². The Kier molecular flexibility index (Phi) is 7.25. The smallest absolute Gasteiger partial charge is 0.122 e.